The zero-order chi connectivity index (χ0) is 28.8. The quantitative estimate of drug-likeness (QED) is 0.215. The number of aryl methyl sites for hydroxylation is 1. The Morgan fingerprint density at radius 2 is 1.69 bits per heavy atom. The van der Waals surface area contributed by atoms with Gasteiger partial charge in [-0.15, -0.1) is 0 Å². The summed E-state index contributed by atoms with van der Waals surface area (Å²) < 4.78 is 32.8. The van der Waals surface area contributed by atoms with Crippen LogP contribution in [0.5, 0.6) is 0 Å². The average molecular weight is 576 g/mol. The standard InChI is InChI=1S/C33H29N5O3S/c1-21-7-12-27(13-8-21)42(39,40)41-19-22-15-26(16-22)38-18-28(31-32(34)35-20-36-33(31)38)25-10-9-24-11-14-29(37-30(24)17-25)23-5-3-2-4-6-23/h2-14,17-18,20,22,26H,15-16,19H2,1H3,(H2,34,35,36). The maximum atomic E-state index is 12.6. The third-order valence-electron chi connectivity index (χ3n) is 8.08. The van der Waals surface area contributed by atoms with Gasteiger partial charge in [-0.05, 0) is 55.5 Å². The second-order valence-corrected chi connectivity index (χ2v) is 12.5. The molecule has 0 amide bonds. The molecule has 0 atom stereocenters. The minimum atomic E-state index is -3.79. The highest BCUT2D eigenvalue weighted by Crippen LogP contribution is 2.43. The number of nitrogen functional groups attached to an aromatic ring is 1. The van der Waals surface area contributed by atoms with Crippen molar-refractivity contribution in [3.05, 3.63) is 103 Å². The van der Waals surface area contributed by atoms with Gasteiger partial charge in [-0.25, -0.2) is 15.0 Å². The van der Waals surface area contributed by atoms with Crippen molar-refractivity contribution >= 4 is 37.9 Å². The van der Waals surface area contributed by atoms with Crippen LogP contribution in [-0.2, 0) is 14.3 Å². The number of fused-ring (bicyclic) bond motifs is 2. The molecule has 9 heteroatoms. The fraction of sp³-hybridized carbons (Fsp3) is 0.182. The first-order valence-corrected chi connectivity index (χ1v) is 15.3. The molecule has 1 fully saturated rings. The van der Waals surface area contributed by atoms with Gasteiger partial charge >= 0.3 is 0 Å². The van der Waals surface area contributed by atoms with E-state index in [2.05, 4.69) is 57.1 Å². The van der Waals surface area contributed by atoms with E-state index >= 15 is 0 Å². The molecule has 210 valence electrons. The lowest BCUT2D eigenvalue weighted by atomic mass is 9.81. The molecule has 1 saturated carbocycles. The van der Waals surface area contributed by atoms with Crippen LogP contribution in [0, 0.1) is 12.8 Å². The van der Waals surface area contributed by atoms with E-state index in [4.69, 9.17) is 14.9 Å². The molecule has 6 aromatic rings. The number of rotatable bonds is 7. The summed E-state index contributed by atoms with van der Waals surface area (Å²) in [7, 11) is -3.79. The van der Waals surface area contributed by atoms with E-state index in [1.807, 2.05) is 31.2 Å². The van der Waals surface area contributed by atoms with Crippen molar-refractivity contribution in [2.45, 2.75) is 30.7 Å². The highest BCUT2D eigenvalue weighted by atomic mass is 32.2. The maximum absolute atomic E-state index is 12.6. The second kappa shape index (κ2) is 10.3. The molecule has 3 aromatic carbocycles. The fourth-order valence-corrected chi connectivity index (χ4v) is 6.66. The monoisotopic (exact) mass is 575 g/mol. The Kier molecular flexibility index (Phi) is 6.48. The number of aromatic nitrogens is 4. The maximum Gasteiger partial charge on any atom is 0.296 e. The topological polar surface area (TPSA) is 113 Å². The molecular weight excluding hydrogens is 546 g/mol. The molecular formula is C33H29N5O3S. The summed E-state index contributed by atoms with van der Waals surface area (Å²) in [6.45, 7) is 2.06. The van der Waals surface area contributed by atoms with Crippen LogP contribution in [0.25, 0.3) is 44.3 Å². The third-order valence-corrected chi connectivity index (χ3v) is 9.38. The normalized spacial score (nSPS) is 17.0. The lowest BCUT2D eigenvalue weighted by molar-refractivity contribution is 0.130. The van der Waals surface area contributed by atoms with Crippen molar-refractivity contribution in [1.29, 1.82) is 0 Å². The van der Waals surface area contributed by atoms with Crippen LogP contribution >= 0.6 is 0 Å². The summed E-state index contributed by atoms with van der Waals surface area (Å²) in [5.41, 5.74) is 13.0. The van der Waals surface area contributed by atoms with Crippen molar-refractivity contribution in [1.82, 2.24) is 19.5 Å². The van der Waals surface area contributed by atoms with E-state index in [1.54, 1.807) is 24.3 Å². The van der Waals surface area contributed by atoms with Crippen molar-refractivity contribution < 1.29 is 12.6 Å². The number of benzene rings is 3. The second-order valence-electron chi connectivity index (χ2n) is 10.9. The minimum absolute atomic E-state index is 0.122. The van der Waals surface area contributed by atoms with E-state index < -0.39 is 10.1 Å². The zero-order valence-electron chi connectivity index (χ0n) is 23.0. The SMILES string of the molecule is Cc1ccc(S(=O)(=O)OCC2CC(n3cc(-c4ccc5ccc(-c6ccccc6)nc5c4)c4c(N)ncnc43)C2)cc1. The van der Waals surface area contributed by atoms with Gasteiger partial charge in [0.1, 0.15) is 17.8 Å². The van der Waals surface area contributed by atoms with Gasteiger partial charge in [0, 0.05) is 28.8 Å². The van der Waals surface area contributed by atoms with Gasteiger partial charge in [-0.2, -0.15) is 8.42 Å². The van der Waals surface area contributed by atoms with Gasteiger partial charge in [-0.3, -0.25) is 4.18 Å². The summed E-state index contributed by atoms with van der Waals surface area (Å²) in [6.07, 6.45) is 5.12. The highest BCUT2D eigenvalue weighted by Gasteiger charge is 2.34. The predicted octanol–water partition coefficient (Wildman–Crippen LogP) is 6.56. The number of anilines is 1. The van der Waals surface area contributed by atoms with Crippen LogP contribution in [0.1, 0.15) is 24.4 Å². The van der Waals surface area contributed by atoms with Crippen LogP contribution in [-0.4, -0.2) is 34.5 Å². The van der Waals surface area contributed by atoms with Gasteiger partial charge in [-0.1, -0.05) is 66.2 Å². The van der Waals surface area contributed by atoms with Crippen molar-refractivity contribution in [2.24, 2.45) is 5.92 Å². The zero-order valence-corrected chi connectivity index (χ0v) is 23.8. The smallest absolute Gasteiger partial charge is 0.296 e. The number of pyridine rings is 1. The van der Waals surface area contributed by atoms with E-state index in [9.17, 15) is 8.42 Å². The largest absolute Gasteiger partial charge is 0.383 e. The fourth-order valence-electron chi connectivity index (χ4n) is 5.68. The van der Waals surface area contributed by atoms with Crippen molar-refractivity contribution in [3.63, 3.8) is 0 Å². The molecule has 0 aliphatic heterocycles. The van der Waals surface area contributed by atoms with Gasteiger partial charge in [0.05, 0.1) is 28.1 Å². The molecule has 3 heterocycles. The summed E-state index contributed by atoms with van der Waals surface area (Å²) in [4.78, 5) is 14.0. The number of hydrogen-bond acceptors (Lipinski definition) is 7. The molecule has 0 saturated heterocycles. The molecule has 0 radical (unpaired) electrons. The molecule has 42 heavy (non-hydrogen) atoms. The number of nitrogens with zero attached hydrogens (tertiary/aromatic N) is 4. The Labute approximate surface area is 244 Å². The summed E-state index contributed by atoms with van der Waals surface area (Å²) >= 11 is 0. The lowest BCUT2D eigenvalue weighted by Gasteiger charge is -2.36. The molecule has 1 aliphatic carbocycles. The Bertz CT molecular complexity index is 2030. The molecule has 3 aromatic heterocycles. The molecule has 0 unspecified atom stereocenters. The van der Waals surface area contributed by atoms with E-state index in [1.165, 1.54) is 6.33 Å². The Hall–Kier alpha value is -4.60. The van der Waals surface area contributed by atoms with Crippen LogP contribution < -0.4 is 5.73 Å². The summed E-state index contributed by atoms with van der Waals surface area (Å²) in [5, 5.41) is 1.85. The lowest BCUT2D eigenvalue weighted by Crippen LogP contribution is -2.30. The first kappa shape index (κ1) is 26.3. The van der Waals surface area contributed by atoms with Crippen molar-refractivity contribution in [3.8, 4) is 22.4 Å². The van der Waals surface area contributed by atoms with Gasteiger partial charge in [0.2, 0.25) is 0 Å². The Morgan fingerprint density at radius 1 is 0.929 bits per heavy atom. The third kappa shape index (κ3) is 4.80. The van der Waals surface area contributed by atoms with Gasteiger partial charge < -0.3 is 10.3 Å². The summed E-state index contributed by atoms with van der Waals surface area (Å²) in [5.74, 6) is 0.542. The first-order chi connectivity index (χ1) is 20.4. The Morgan fingerprint density at radius 3 is 2.48 bits per heavy atom. The van der Waals surface area contributed by atoms with Crippen LogP contribution in [0.15, 0.2) is 102 Å². The van der Waals surface area contributed by atoms with Crippen LogP contribution in [0.3, 0.4) is 0 Å². The number of hydrogen-bond donors (Lipinski definition) is 1. The van der Waals surface area contributed by atoms with Crippen LogP contribution in [0.4, 0.5) is 5.82 Å². The van der Waals surface area contributed by atoms with E-state index in [0.717, 1.165) is 62.7 Å². The van der Waals surface area contributed by atoms with E-state index in [0.29, 0.717) is 5.82 Å². The minimum Gasteiger partial charge on any atom is -0.383 e. The first-order valence-electron chi connectivity index (χ1n) is 13.9. The average Bonchev–Trinajstić information content (AvgIpc) is 3.37. The summed E-state index contributed by atoms with van der Waals surface area (Å²) in [6, 6.07) is 27.3. The number of nitrogens with two attached hydrogens (primary N) is 1. The highest BCUT2D eigenvalue weighted by molar-refractivity contribution is 7.86. The molecule has 0 spiro atoms. The van der Waals surface area contributed by atoms with E-state index in [-0.39, 0.29) is 23.5 Å². The van der Waals surface area contributed by atoms with Gasteiger partial charge in [0.15, 0.2) is 0 Å². The Balaban J connectivity index is 1.15. The molecule has 1 aliphatic rings. The van der Waals surface area contributed by atoms with Crippen molar-refractivity contribution in [2.75, 3.05) is 12.3 Å². The molecule has 7 rings (SSSR count). The van der Waals surface area contributed by atoms with Gasteiger partial charge in [0.25, 0.3) is 10.1 Å². The molecule has 8 nitrogen and oxygen atoms in total. The van der Waals surface area contributed by atoms with Crippen LogP contribution in [0.2, 0.25) is 0 Å². The predicted molar refractivity (Wildman–Crippen MR) is 164 cm³/mol. The molecule has 2 N–H and O–H groups in total. The molecule has 0 bridgehead atoms.